The first-order valence-electron chi connectivity index (χ1n) is 6.85. The predicted molar refractivity (Wildman–Crippen MR) is 77.8 cm³/mol. The Morgan fingerprint density at radius 2 is 2.05 bits per heavy atom. The topological polar surface area (TPSA) is 42.1 Å². The fraction of sp³-hybridized carbons (Fsp3) is 0.438. The largest absolute Gasteiger partial charge is 0.491 e. The quantitative estimate of drug-likeness (QED) is 0.818. The number of nitrogens with one attached hydrogen (secondary N) is 1. The molecule has 0 fully saturated rings. The van der Waals surface area contributed by atoms with Crippen molar-refractivity contribution in [1.29, 1.82) is 0 Å². The average Bonchev–Trinajstić information content (AvgIpc) is 2.79. The lowest BCUT2D eigenvalue weighted by molar-refractivity contribution is 0.0929. The van der Waals surface area contributed by atoms with Gasteiger partial charge in [-0.2, -0.15) is 0 Å². The molecule has 3 nitrogen and oxygen atoms in total. The molecule has 3 heteroatoms. The second-order valence-electron chi connectivity index (χ2n) is 5.25. The number of carbonyl (C=O) groups excluding carboxylic acids is 1. The molecule has 0 spiro atoms. The van der Waals surface area contributed by atoms with Crippen LogP contribution in [0.3, 0.4) is 0 Å². The molecule has 1 N–H and O–H groups in total. The molecule has 0 aliphatic heterocycles. The molecule has 2 rings (SSSR count). The van der Waals surface area contributed by atoms with E-state index in [1.807, 2.05) is 45.9 Å². The third-order valence-corrected chi connectivity index (χ3v) is 3.35. The van der Waals surface area contributed by atoms with E-state index in [0.29, 0.717) is 0 Å². The number of ketones is 1. The Labute approximate surface area is 114 Å². The van der Waals surface area contributed by atoms with Crippen LogP contribution in [0.4, 0.5) is 0 Å². The molecule has 1 aromatic heterocycles. The van der Waals surface area contributed by atoms with E-state index < -0.39 is 0 Å². The van der Waals surface area contributed by atoms with Crippen molar-refractivity contribution < 1.29 is 9.53 Å². The van der Waals surface area contributed by atoms with Gasteiger partial charge in [0, 0.05) is 28.6 Å². The number of fused-ring (bicyclic) bond motifs is 1. The second kappa shape index (κ2) is 5.47. The first-order chi connectivity index (χ1) is 9.02. The van der Waals surface area contributed by atoms with E-state index in [0.717, 1.165) is 28.6 Å². The minimum Gasteiger partial charge on any atom is -0.491 e. The minimum absolute atomic E-state index is 0.0497. The van der Waals surface area contributed by atoms with Crippen LogP contribution in [0.15, 0.2) is 24.4 Å². The molecule has 1 heterocycles. The molecule has 19 heavy (non-hydrogen) atoms. The highest BCUT2D eigenvalue weighted by molar-refractivity contribution is 6.09. The first kappa shape index (κ1) is 13.7. The monoisotopic (exact) mass is 259 g/mol. The van der Waals surface area contributed by atoms with Gasteiger partial charge < -0.3 is 9.72 Å². The molecule has 0 aliphatic rings. The molecule has 0 bridgehead atoms. The number of benzene rings is 1. The molecular formula is C16H21NO2. The van der Waals surface area contributed by atoms with E-state index in [-0.39, 0.29) is 17.8 Å². The normalized spacial score (nSPS) is 12.9. The van der Waals surface area contributed by atoms with Gasteiger partial charge in [-0.1, -0.05) is 13.8 Å². The Balaban J connectivity index is 2.42. The number of aromatic nitrogens is 1. The van der Waals surface area contributed by atoms with Crippen molar-refractivity contribution in [2.45, 2.75) is 40.2 Å². The lowest BCUT2D eigenvalue weighted by atomic mass is 9.97. The van der Waals surface area contributed by atoms with Crippen molar-refractivity contribution in [2.75, 3.05) is 0 Å². The predicted octanol–water partition coefficient (Wildman–Crippen LogP) is 4.18. The summed E-state index contributed by atoms with van der Waals surface area (Å²) in [4.78, 5) is 15.5. The van der Waals surface area contributed by atoms with Crippen LogP contribution in [-0.2, 0) is 0 Å². The maximum absolute atomic E-state index is 12.3. The third-order valence-electron chi connectivity index (χ3n) is 3.35. The van der Waals surface area contributed by atoms with Crippen molar-refractivity contribution in [3.05, 3.63) is 30.0 Å². The van der Waals surface area contributed by atoms with Crippen LogP contribution in [0.5, 0.6) is 5.75 Å². The van der Waals surface area contributed by atoms with Crippen LogP contribution in [0.2, 0.25) is 0 Å². The van der Waals surface area contributed by atoms with E-state index in [4.69, 9.17) is 4.74 Å². The van der Waals surface area contributed by atoms with Gasteiger partial charge in [-0.05, 0) is 38.5 Å². The Bertz CT molecular complexity index is 583. The van der Waals surface area contributed by atoms with Crippen molar-refractivity contribution >= 4 is 16.7 Å². The first-order valence-corrected chi connectivity index (χ1v) is 6.85. The summed E-state index contributed by atoms with van der Waals surface area (Å²) in [6, 6.07) is 5.83. The fourth-order valence-electron chi connectivity index (χ4n) is 2.10. The van der Waals surface area contributed by atoms with Gasteiger partial charge in [-0.15, -0.1) is 0 Å². The maximum atomic E-state index is 12.3. The number of rotatable bonds is 5. The Morgan fingerprint density at radius 1 is 1.32 bits per heavy atom. The molecule has 1 atom stereocenters. The van der Waals surface area contributed by atoms with Gasteiger partial charge in [-0.3, -0.25) is 4.79 Å². The molecule has 1 aromatic carbocycles. The molecule has 1 unspecified atom stereocenters. The average molecular weight is 259 g/mol. The number of Topliss-reactive ketones (excluding diaryl/α,β-unsaturated/α-hetero) is 1. The number of ether oxygens (including phenoxy) is 1. The van der Waals surface area contributed by atoms with Gasteiger partial charge in [0.2, 0.25) is 0 Å². The molecule has 0 aliphatic carbocycles. The lowest BCUT2D eigenvalue weighted by Crippen LogP contribution is -2.09. The number of aromatic amines is 1. The number of hydrogen-bond donors (Lipinski definition) is 1. The highest BCUT2D eigenvalue weighted by atomic mass is 16.5. The number of carbonyl (C=O) groups is 1. The van der Waals surface area contributed by atoms with Crippen molar-refractivity contribution in [1.82, 2.24) is 4.98 Å². The number of H-pyrrole nitrogens is 1. The van der Waals surface area contributed by atoms with E-state index in [2.05, 4.69) is 4.98 Å². The molecule has 0 amide bonds. The van der Waals surface area contributed by atoms with Crippen LogP contribution >= 0.6 is 0 Å². The summed E-state index contributed by atoms with van der Waals surface area (Å²) in [5.41, 5.74) is 1.74. The van der Waals surface area contributed by atoms with Crippen molar-refractivity contribution in [2.24, 2.45) is 5.92 Å². The zero-order valence-electron chi connectivity index (χ0n) is 12.0. The SMILES string of the molecule is CCC(C)C(=O)c1c[nH]c2ccc(OC(C)C)cc12. The molecule has 102 valence electrons. The summed E-state index contributed by atoms with van der Waals surface area (Å²) in [6.07, 6.45) is 2.79. The Morgan fingerprint density at radius 3 is 2.68 bits per heavy atom. The van der Waals surface area contributed by atoms with Crippen LogP contribution in [0.25, 0.3) is 10.9 Å². The summed E-state index contributed by atoms with van der Waals surface area (Å²) in [7, 11) is 0. The Kier molecular flexibility index (Phi) is 3.93. The summed E-state index contributed by atoms with van der Waals surface area (Å²) >= 11 is 0. The highest BCUT2D eigenvalue weighted by Gasteiger charge is 2.17. The summed E-state index contributed by atoms with van der Waals surface area (Å²) in [6.45, 7) is 7.99. The standard InChI is InChI=1S/C16H21NO2/c1-5-11(4)16(18)14-9-17-15-7-6-12(8-13(14)15)19-10(2)3/h6-11,17H,5H2,1-4H3. The van der Waals surface area contributed by atoms with E-state index in [1.165, 1.54) is 0 Å². The molecule has 0 saturated carbocycles. The van der Waals surface area contributed by atoms with E-state index in [9.17, 15) is 4.79 Å². The molecule has 2 aromatic rings. The van der Waals surface area contributed by atoms with Crippen molar-refractivity contribution in [3.63, 3.8) is 0 Å². The van der Waals surface area contributed by atoms with E-state index in [1.54, 1.807) is 6.20 Å². The Hall–Kier alpha value is -1.77. The van der Waals surface area contributed by atoms with Crippen LogP contribution in [-0.4, -0.2) is 16.9 Å². The van der Waals surface area contributed by atoms with Gasteiger partial charge in [0.25, 0.3) is 0 Å². The van der Waals surface area contributed by atoms with Crippen LogP contribution in [0, 0.1) is 5.92 Å². The fourth-order valence-corrected chi connectivity index (χ4v) is 2.10. The third kappa shape index (κ3) is 2.80. The zero-order valence-corrected chi connectivity index (χ0v) is 12.0. The van der Waals surface area contributed by atoms with Crippen molar-refractivity contribution in [3.8, 4) is 5.75 Å². The summed E-state index contributed by atoms with van der Waals surface area (Å²) in [5.74, 6) is 1.05. The van der Waals surface area contributed by atoms with Gasteiger partial charge >= 0.3 is 0 Å². The summed E-state index contributed by atoms with van der Waals surface area (Å²) < 4.78 is 5.69. The minimum atomic E-state index is 0.0497. The van der Waals surface area contributed by atoms with Gasteiger partial charge in [-0.25, -0.2) is 0 Å². The van der Waals surface area contributed by atoms with Gasteiger partial charge in [0.15, 0.2) is 5.78 Å². The second-order valence-corrected chi connectivity index (χ2v) is 5.25. The van der Waals surface area contributed by atoms with Gasteiger partial charge in [0.1, 0.15) is 5.75 Å². The highest BCUT2D eigenvalue weighted by Crippen LogP contribution is 2.26. The number of hydrogen-bond acceptors (Lipinski definition) is 2. The molecule has 0 radical (unpaired) electrons. The smallest absolute Gasteiger partial charge is 0.167 e. The van der Waals surface area contributed by atoms with Gasteiger partial charge in [0.05, 0.1) is 6.10 Å². The van der Waals surface area contributed by atoms with Crippen LogP contribution in [0.1, 0.15) is 44.5 Å². The maximum Gasteiger partial charge on any atom is 0.167 e. The molecular weight excluding hydrogens is 238 g/mol. The summed E-state index contributed by atoms with van der Waals surface area (Å²) in [5, 5.41) is 0.948. The van der Waals surface area contributed by atoms with Crippen LogP contribution < -0.4 is 4.74 Å². The van der Waals surface area contributed by atoms with E-state index >= 15 is 0 Å². The zero-order chi connectivity index (χ0) is 14.0. The molecule has 0 saturated heterocycles. The lowest BCUT2D eigenvalue weighted by Gasteiger charge is -2.10.